The van der Waals surface area contributed by atoms with Crippen LogP contribution in [0.2, 0.25) is 0 Å². The van der Waals surface area contributed by atoms with E-state index in [-0.39, 0.29) is 31.8 Å². The van der Waals surface area contributed by atoms with E-state index in [1.54, 1.807) is 0 Å². The third kappa shape index (κ3) is 4.59. The van der Waals surface area contributed by atoms with Gasteiger partial charge in [-0.15, -0.1) is 0 Å². The molecule has 0 aromatic heterocycles. The highest BCUT2D eigenvalue weighted by atomic mass is 16.5. The molecule has 0 radical (unpaired) electrons. The number of amides is 1. The number of carbonyl (C=O) groups is 1. The Morgan fingerprint density at radius 2 is 2.50 bits per heavy atom. The SMILES string of the molecule is CCC1=CC(OCC(=O)NCCO)CC=C1. The van der Waals surface area contributed by atoms with Gasteiger partial charge >= 0.3 is 0 Å². The molecule has 16 heavy (non-hydrogen) atoms. The molecule has 0 bridgehead atoms. The van der Waals surface area contributed by atoms with Crippen LogP contribution in [0.25, 0.3) is 0 Å². The highest BCUT2D eigenvalue weighted by Gasteiger charge is 2.10. The average Bonchev–Trinajstić information content (AvgIpc) is 2.34. The van der Waals surface area contributed by atoms with E-state index in [1.165, 1.54) is 5.57 Å². The Balaban J connectivity index is 2.25. The number of hydrogen-bond acceptors (Lipinski definition) is 3. The molecule has 1 amide bonds. The quantitative estimate of drug-likeness (QED) is 0.702. The Morgan fingerprint density at radius 1 is 1.69 bits per heavy atom. The van der Waals surface area contributed by atoms with E-state index in [9.17, 15) is 4.79 Å². The fourth-order valence-corrected chi connectivity index (χ4v) is 1.50. The largest absolute Gasteiger partial charge is 0.395 e. The van der Waals surface area contributed by atoms with Crippen molar-refractivity contribution in [3.63, 3.8) is 0 Å². The van der Waals surface area contributed by atoms with Crippen LogP contribution in [0.4, 0.5) is 0 Å². The molecule has 1 unspecified atom stereocenters. The number of aliphatic hydroxyl groups is 1. The normalized spacial score (nSPS) is 19.4. The van der Waals surface area contributed by atoms with Crippen molar-refractivity contribution in [1.29, 1.82) is 0 Å². The minimum Gasteiger partial charge on any atom is -0.395 e. The van der Waals surface area contributed by atoms with Crippen molar-refractivity contribution in [3.8, 4) is 0 Å². The van der Waals surface area contributed by atoms with Crippen LogP contribution in [0, 0.1) is 0 Å². The zero-order valence-corrected chi connectivity index (χ0v) is 9.61. The van der Waals surface area contributed by atoms with E-state index < -0.39 is 0 Å². The Hall–Kier alpha value is -1.13. The second kappa shape index (κ2) is 7.19. The van der Waals surface area contributed by atoms with Gasteiger partial charge in [-0.05, 0) is 12.8 Å². The van der Waals surface area contributed by atoms with Crippen LogP contribution in [0.5, 0.6) is 0 Å². The van der Waals surface area contributed by atoms with Gasteiger partial charge in [0.15, 0.2) is 0 Å². The fraction of sp³-hybridized carbons (Fsp3) is 0.583. The van der Waals surface area contributed by atoms with Crippen LogP contribution in [-0.2, 0) is 9.53 Å². The Labute approximate surface area is 96.0 Å². The summed E-state index contributed by atoms with van der Waals surface area (Å²) >= 11 is 0. The van der Waals surface area contributed by atoms with Crippen LogP contribution in [0.3, 0.4) is 0 Å². The third-order valence-electron chi connectivity index (χ3n) is 2.37. The zero-order chi connectivity index (χ0) is 11.8. The predicted octanol–water partition coefficient (Wildman–Crippen LogP) is 0.776. The molecule has 1 aliphatic rings. The molecule has 0 fully saturated rings. The molecule has 0 spiro atoms. The highest BCUT2D eigenvalue weighted by Crippen LogP contribution is 2.15. The molecule has 1 aliphatic carbocycles. The summed E-state index contributed by atoms with van der Waals surface area (Å²) in [6.45, 7) is 2.37. The lowest BCUT2D eigenvalue weighted by atomic mass is 10.0. The average molecular weight is 225 g/mol. The first kappa shape index (κ1) is 12.9. The second-order valence-electron chi connectivity index (χ2n) is 3.66. The van der Waals surface area contributed by atoms with Crippen LogP contribution in [0.15, 0.2) is 23.8 Å². The molecule has 2 N–H and O–H groups in total. The van der Waals surface area contributed by atoms with Crippen LogP contribution in [-0.4, -0.2) is 36.9 Å². The van der Waals surface area contributed by atoms with E-state index in [0.29, 0.717) is 0 Å². The topological polar surface area (TPSA) is 58.6 Å². The summed E-state index contributed by atoms with van der Waals surface area (Å²) in [6.07, 6.45) is 8.00. The molecule has 90 valence electrons. The molecule has 1 rings (SSSR count). The summed E-state index contributed by atoms with van der Waals surface area (Å²) in [6, 6.07) is 0. The first-order chi connectivity index (χ1) is 7.76. The van der Waals surface area contributed by atoms with Gasteiger partial charge in [-0.25, -0.2) is 0 Å². The first-order valence-electron chi connectivity index (χ1n) is 5.62. The number of rotatable bonds is 6. The summed E-state index contributed by atoms with van der Waals surface area (Å²) < 4.78 is 5.45. The van der Waals surface area contributed by atoms with E-state index in [0.717, 1.165) is 12.8 Å². The van der Waals surface area contributed by atoms with E-state index >= 15 is 0 Å². The number of nitrogens with one attached hydrogen (secondary N) is 1. The molecule has 4 heteroatoms. The highest BCUT2D eigenvalue weighted by molar-refractivity contribution is 5.77. The molecule has 0 saturated heterocycles. The van der Waals surface area contributed by atoms with Crippen molar-refractivity contribution < 1.29 is 14.6 Å². The lowest BCUT2D eigenvalue weighted by molar-refractivity contribution is -0.126. The summed E-state index contributed by atoms with van der Waals surface area (Å²) in [5.41, 5.74) is 1.24. The van der Waals surface area contributed by atoms with Crippen molar-refractivity contribution in [2.45, 2.75) is 25.9 Å². The number of allylic oxidation sites excluding steroid dienone is 2. The molecule has 0 aromatic rings. The van der Waals surface area contributed by atoms with Crippen molar-refractivity contribution in [2.24, 2.45) is 0 Å². The van der Waals surface area contributed by atoms with Gasteiger partial charge in [0.05, 0.1) is 12.7 Å². The van der Waals surface area contributed by atoms with Gasteiger partial charge in [-0.2, -0.15) is 0 Å². The molecule has 4 nitrogen and oxygen atoms in total. The van der Waals surface area contributed by atoms with Gasteiger partial charge in [0.1, 0.15) is 6.61 Å². The van der Waals surface area contributed by atoms with Gasteiger partial charge in [0.2, 0.25) is 5.91 Å². The molecule has 0 heterocycles. The lowest BCUT2D eigenvalue weighted by Crippen LogP contribution is -2.31. The summed E-state index contributed by atoms with van der Waals surface area (Å²) in [7, 11) is 0. The monoisotopic (exact) mass is 225 g/mol. The number of hydrogen-bond donors (Lipinski definition) is 2. The van der Waals surface area contributed by atoms with Gasteiger partial charge < -0.3 is 15.2 Å². The Kier molecular flexibility index (Phi) is 5.82. The summed E-state index contributed by atoms with van der Waals surface area (Å²) in [4.78, 5) is 11.2. The molecule has 0 saturated carbocycles. The van der Waals surface area contributed by atoms with Crippen LogP contribution >= 0.6 is 0 Å². The number of aliphatic hydroxyl groups excluding tert-OH is 1. The number of carbonyl (C=O) groups excluding carboxylic acids is 1. The summed E-state index contributed by atoms with van der Waals surface area (Å²) in [5, 5.41) is 11.1. The smallest absolute Gasteiger partial charge is 0.246 e. The molecular formula is C12H19NO3. The first-order valence-corrected chi connectivity index (χ1v) is 5.62. The van der Waals surface area contributed by atoms with Crippen molar-refractivity contribution in [1.82, 2.24) is 5.32 Å². The van der Waals surface area contributed by atoms with Crippen LogP contribution in [0.1, 0.15) is 19.8 Å². The number of ether oxygens (including phenoxy) is 1. The Morgan fingerprint density at radius 3 is 3.19 bits per heavy atom. The zero-order valence-electron chi connectivity index (χ0n) is 9.61. The maximum atomic E-state index is 11.2. The van der Waals surface area contributed by atoms with Gasteiger partial charge in [-0.3, -0.25) is 4.79 Å². The van der Waals surface area contributed by atoms with Gasteiger partial charge in [0, 0.05) is 6.54 Å². The maximum Gasteiger partial charge on any atom is 0.246 e. The molecule has 1 atom stereocenters. The molecular weight excluding hydrogens is 206 g/mol. The van der Waals surface area contributed by atoms with E-state index in [4.69, 9.17) is 9.84 Å². The minimum atomic E-state index is -0.185. The van der Waals surface area contributed by atoms with Crippen molar-refractivity contribution in [2.75, 3.05) is 19.8 Å². The second-order valence-corrected chi connectivity index (χ2v) is 3.66. The van der Waals surface area contributed by atoms with Gasteiger partial charge in [0.25, 0.3) is 0 Å². The van der Waals surface area contributed by atoms with Crippen LogP contribution < -0.4 is 5.32 Å². The van der Waals surface area contributed by atoms with Crippen molar-refractivity contribution in [3.05, 3.63) is 23.8 Å². The Bertz CT molecular complexity index is 284. The lowest BCUT2D eigenvalue weighted by Gasteiger charge is -2.16. The molecule has 0 aromatic carbocycles. The molecule has 0 aliphatic heterocycles. The van der Waals surface area contributed by atoms with Gasteiger partial charge in [-0.1, -0.05) is 30.7 Å². The standard InChI is InChI=1S/C12H19NO3/c1-2-10-4-3-5-11(8-10)16-9-12(15)13-6-7-14/h3-4,8,11,14H,2,5-7,9H2,1H3,(H,13,15). The third-order valence-corrected chi connectivity index (χ3v) is 2.37. The van der Waals surface area contributed by atoms with E-state index in [1.807, 2.05) is 0 Å². The summed E-state index contributed by atoms with van der Waals surface area (Å²) in [5.74, 6) is -0.185. The van der Waals surface area contributed by atoms with E-state index in [2.05, 4.69) is 30.5 Å². The maximum absolute atomic E-state index is 11.2. The fourth-order valence-electron chi connectivity index (χ4n) is 1.50. The van der Waals surface area contributed by atoms with Crippen molar-refractivity contribution >= 4 is 5.91 Å². The predicted molar refractivity (Wildman–Crippen MR) is 62.0 cm³/mol. The minimum absolute atomic E-state index is 0.000161.